The minimum absolute atomic E-state index is 0.0239. The van der Waals surface area contributed by atoms with E-state index < -0.39 is 11.8 Å². The molecule has 1 N–H and O–H groups in total. The number of nitrogens with zero attached hydrogens (tertiary/aromatic N) is 2. The maximum absolute atomic E-state index is 13.7. The van der Waals surface area contributed by atoms with Crippen LogP contribution in [0.3, 0.4) is 0 Å². The van der Waals surface area contributed by atoms with Gasteiger partial charge in [-0.1, -0.05) is 49.2 Å². The number of piperidine rings is 1. The lowest BCUT2D eigenvalue weighted by molar-refractivity contribution is -0.128. The van der Waals surface area contributed by atoms with Crippen molar-refractivity contribution in [2.75, 3.05) is 26.2 Å². The van der Waals surface area contributed by atoms with Crippen molar-refractivity contribution >= 4 is 17.7 Å². The second-order valence-electron chi connectivity index (χ2n) is 10.1. The van der Waals surface area contributed by atoms with Gasteiger partial charge in [-0.15, -0.1) is 0 Å². The Balaban J connectivity index is 1.56. The second kappa shape index (κ2) is 10.2. The zero-order chi connectivity index (χ0) is 25.2. The predicted molar refractivity (Wildman–Crippen MR) is 134 cm³/mol. The van der Waals surface area contributed by atoms with Crippen LogP contribution in [0.4, 0.5) is 0 Å². The van der Waals surface area contributed by atoms with Crippen LogP contribution in [0.5, 0.6) is 0 Å². The molecule has 0 aromatic heterocycles. The largest absolute Gasteiger partial charge is 0.354 e. The molecule has 186 valence electrons. The minimum atomic E-state index is -0.912. The van der Waals surface area contributed by atoms with E-state index in [2.05, 4.69) is 5.32 Å². The van der Waals surface area contributed by atoms with Gasteiger partial charge in [0.2, 0.25) is 5.91 Å². The molecule has 1 spiro atoms. The quantitative estimate of drug-likeness (QED) is 0.714. The lowest BCUT2D eigenvalue weighted by Gasteiger charge is -2.44. The molecule has 0 bridgehead atoms. The number of amides is 3. The summed E-state index contributed by atoms with van der Waals surface area (Å²) in [7, 11) is 0. The number of nitrogens with one attached hydrogen (secondary N) is 1. The highest BCUT2D eigenvalue weighted by atomic mass is 16.5. The molecule has 0 saturated carbocycles. The Morgan fingerprint density at radius 1 is 0.971 bits per heavy atom. The first-order valence-electron chi connectivity index (χ1n) is 12.4. The Kier molecular flexibility index (Phi) is 7.26. The molecule has 2 fully saturated rings. The molecule has 2 aromatic carbocycles. The third kappa shape index (κ3) is 5.25. The van der Waals surface area contributed by atoms with Gasteiger partial charge < -0.3 is 15.0 Å². The molecule has 4 rings (SSSR count). The number of likely N-dealkylation sites (tertiary alicyclic amines) is 1. The molecule has 7 nitrogen and oxygen atoms in total. The number of aryl methyl sites for hydroxylation is 2. The van der Waals surface area contributed by atoms with Crippen molar-refractivity contribution in [1.82, 2.24) is 15.1 Å². The fourth-order valence-electron chi connectivity index (χ4n) is 4.84. The van der Waals surface area contributed by atoms with Gasteiger partial charge in [0.15, 0.2) is 0 Å². The summed E-state index contributed by atoms with van der Waals surface area (Å²) in [5.74, 6) is -0.142. The number of benzene rings is 2. The fraction of sp³-hybridized carbons (Fsp3) is 0.464. The van der Waals surface area contributed by atoms with Gasteiger partial charge in [0.05, 0.1) is 6.61 Å². The van der Waals surface area contributed by atoms with Crippen molar-refractivity contribution < 1.29 is 19.1 Å². The molecule has 1 atom stereocenters. The highest BCUT2D eigenvalue weighted by Gasteiger charge is 2.54. The average Bonchev–Trinajstić information content (AvgIpc) is 3.21. The fourth-order valence-corrected chi connectivity index (χ4v) is 4.84. The molecule has 7 heteroatoms. The SMILES string of the molecule is Cc1ccc(C(=O)N2C(C(=O)NCC(C)C)COC23CCN(C(=O)c2cccc(C)c2)CC3)cc1. The maximum Gasteiger partial charge on any atom is 0.256 e. The number of hydrogen-bond acceptors (Lipinski definition) is 4. The van der Waals surface area contributed by atoms with Crippen LogP contribution in [0.1, 0.15) is 58.5 Å². The molecule has 2 saturated heterocycles. The van der Waals surface area contributed by atoms with Crippen LogP contribution in [0.15, 0.2) is 48.5 Å². The van der Waals surface area contributed by atoms with Crippen molar-refractivity contribution in [3.8, 4) is 0 Å². The average molecular weight is 478 g/mol. The van der Waals surface area contributed by atoms with E-state index in [9.17, 15) is 14.4 Å². The molecular weight excluding hydrogens is 442 g/mol. The summed E-state index contributed by atoms with van der Waals surface area (Å²) in [6.45, 7) is 9.58. The summed E-state index contributed by atoms with van der Waals surface area (Å²) in [6, 6.07) is 14.2. The third-order valence-electron chi connectivity index (χ3n) is 6.86. The smallest absolute Gasteiger partial charge is 0.256 e. The topological polar surface area (TPSA) is 79.0 Å². The molecule has 2 aliphatic heterocycles. The summed E-state index contributed by atoms with van der Waals surface area (Å²) in [5.41, 5.74) is 2.37. The zero-order valence-corrected chi connectivity index (χ0v) is 21.0. The van der Waals surface area contributed by atoms with E-state index in [1.165, 1.54) is 0 Å². The van der Waals surface area contributed by atoms with Crippen LogP contribution in [-0.4, -0.2) is 65.5 Å². The van der Waals surface area contributed by atoms with E-state index >= 15 is 0 Å². The van der Waals surface area contributed by atoms with Crippen molar-refractivity contribution in [3.05, 3.63) is 70.8 Å². The van der Waals surface area contributed by atoms with Crippen LogP contribution >= 0.6 is 0 Å². The molecule has 1 unspecified atom stereocenters. The molecule has 0 radical (unpaired) electrons. The Morgan fingerprint density at radius 3 is 2.29 bits per heavy atom. The van der Waals surface area contributed by atoms with Gasteiger partial charge >= 0.3 is 0 Å². The summed E-state index contributed by atoms with van der Waals surface area (Å²) >= 11 is 0. The van der Waals surface area contributed by atoms with Crippen molar-refractivity contribution in [2.24, 2.45) is 5.92 Å². The number of hydrogen-bond donors (Lipinski definition) is 1. The molecular formula is C28H35N3O4. The first-order valence-corrected chi connectivity index (χ1v) is 12.4. The van der Waals surface area contributed by atoms with Gasteiger partial charge in [-0.2, -0.15) is 0 Å². The van der Waals surface area contributed by atoms with Crippen LogP contribution < -0.4 is 5.32 Å². The maximum atomic E-state index is 13.7. The first-order chi connectivity index (χ1) is 16.7. The zero-order valence-electron chi connectivity index (χ0n) is 21.0. The lowest BCUT2D eigenvalue weighted by Crippen LogP contribution is -2.60. The second-order valence-corrected chi connectivity index (χ2v) is 10.1. The molecule has 2 aromatic rings. The van der Waals surface area contributed by atoms with Gasteiger partial charge in [0.1, 0.15) is 11.8 Å². The highest BCUT2D eigenvalue weighted by Crippen LogP contribution is 2.39. The van der Waals surface area contributed by atoms with E-state index in [-0.39, 0.29) is 24.3 Å². The molecule has 3 amide bonds. The Bertz CT molecular complexity index is 1090. The molecule has 35 heavy (non-hydrogen) atoms. The number of carbonyl (C=O) groups excluding carboxylic acids is 3. The summed E-state index contributed by atoms with van der Waals surface area (Å²) in [4.78, 5) is 43.4. The van der Waals surface area contributed by atoms with Gasteiger partial charge in [-0.25, -0.2) is 0 Å². The predicted octanol–water partition coefficient (Wildman–Crippen LogP) is 3.55. The number of ether oxygens (including phenoxy) is 1. The van der Waals surface area contributed by atoms with E-state index in [1.54, 1.807) is 17.0 Å². The minimum Gasteiger partial charge on any atom is -0.354 e. The van der Waals surface area contributed by atoms with Gasteiger partial charge in [0.25, 0.3) is 11.8 Å². The standard InChI is InChI=1S/C28H35N3O4/c1-19(2)17-29-25(32)24-18-35-28(31(24)27(34)22-10-8-20(3)9-11-22)12-14-30(15-13-28)26(33)23-7-5-6-21(4)16-23/h5-11,16,19,24H,12-15,17-18H2,1-4H3,(H,29,32). The van der Waals surface area contributed by atoms with E-state index in [0.717, 1.165) is 11.1 Å². The summed E-state index contributed by atoms with van der Waals surface area (Å²) in [5, 5.41) is 2.97. The Morgan fingerprint density at radius 2 is 1.66 bits per heavy atom. The normalized spacial score (nSPS) is 19.3. The molecule has 2 aliphatic rings. The van der Waals surface area contributed by atoms with Crippen molar-refractivity contribution in [3.63, 3.8) is 0 Å². The van der Waals surface area contributed by atoms with E-state index in [1.807, 2.05) is 69.0 Å². The van der Waals surface area contributed by atoms with E-state index in [4.69, 9.17) is 4.74 Å². The van der Waals surface area contributed by atoms with Crippen molar-refractivity contribution in [2.45, 2.75) is 52.3 Å². The summed E-state index contributed by atoms with van der Waals surface area (Å²) < 4.78 is 6.26. The number of carbonyl (C=O) groups is 3. The van der Waals surface area contributed by atoms with Gasteiger partial charge in [-0.3, -0.25) is 19.3 Å². The van der Waals surface area contributed by atoms with Crippen LogP contribution in [0.25, 0.3) is 0 Å². The van der Waals surface area contributed by atoms with Gasteiger partial charge in [0, 0.05) is 43.6 Å². The van der Waals surface area contributed by atoms with E-state index in [0.29, 0.717) is 49.5 Å². The van der Waals surface area contributed by atoms with Gasteiger partial charge in [-0.05, 0) is 44.0 Å². The first kappa shape index (κ1) is 24.9. The van der Waals surface area contributed by atoms with Crippen LogP contribution in [0, 0.1) is 19.8 Å². The number of rotatable bonds is 5. The highest BCUT2D eigenvalue weighted by molar-refractivity contribution is 5.98. The monoisotopic (exact) mass is 477 g/mol. The third-order valence-corrected chi connectivity index (χ3v) is 6.86. The summed E-state index contributed by atoms with van der Waals surface area (Å²) in [6.07, 6.45) is 0.909. The lowest BCUT2D eigenvalue weighted by atomic mass is 9.95. The molecule has 2 heterocycles. The van der Waals surface area contributed by atoms with Crippen LogP contribution in [-0.2, 0) is 9.53 Å². The van der Waals surface area contributed by atoms with Crippen molar-refractivity contribution in [1.29, 1.82) is 0 Å². The Hall–Kier alpha value is -3.19. The Labute approximate surface area is 207 Å². The molecule has 0 aliphatic carbocycles. The van der Waals surface area contributed by atoms with Crippen LogP contribution in [0.2, 0.25) is 0 Å².